The number of nitro groups is 1. The maximum atomic E-state index is 11.8. The minimum absolute atomic E-state index is 0.128. The molecule has 0 N–H and O–H groups in total. The van der Waals surface area contributed by atoms with Crippen LogP contribution in [-0.4, -0.2) is 4.92 Å². The van der Waals surface area contributed by atoms with Crippen molar-refractivity contribution in [3.05, 3.63) is 243 Å². The summed E-state index contributed by atoms with van der Waals surface area (Å²) in [6, 6.07) is 63.7. The molecule has 1 aliphatic carbocycles. The van der Waals surface area contributed by atoms with Crippen molar-refractivity contribution in [2.24, 2.45) is 0 Å². The number of hydrogen-bond donors (Lipinski definition) is 0. The van der Waals surface area contributed by atoms with Gasteiger partial charge >= 0.3 is 5.69 Å². The molecule has 0 spiro atoms. The highest BCUT2D eigenvalue weighted by Gasteiger charge is 2.45. The average Bonchev–Trinajstić information content (AvgIpc) is 3.58. The second-order valence-electron chi connectivity index (χ2n) is 14.5. The van der Waals surface area contributed by atoms with Crippen LogP contribution < -0.4 is 18.9 Å². The van der Waals surface area contributed by atoms with Gasteiger partial charge < -0.3 is 18.9 Å². The summed E-state index contributed by atoms with van der Waals surface area (Å²) in [6.45, 7) is 2.69. The maximum absolute atomic E-state index is 11.8. The van der Waals surface area contributed by atoms with E-state index in [2.05, 4.69) is 72.8 Å². The molecule has 59 heavy (non-hydrogen) atoms. The van der Waals surface area contributed by atoms with Crippen molar-refractivity contribution >= 4 is 5.69 Å². The van der Waals surface area contributed by atoms with Gasteiger partial charge in [-0.25, -0.2) is 0 Å². The molecular weight excluding hydrogens is 735 g/mol. The molecule has 0 aromatic heterocycles. The second-order valence-corrected chi connectivity index (χ2v) is 14.5. The standard InChI is InChI=1S/C52H39NO6/c1-36-20-25-43(32-50(36)56-34-37-12-4-2-5-13-37)58-41-26-21-39(22-27-41)52(47-18-10-8-16-45(47)46-17-9-11-19-48(46)52)40-23-28-42(29-24-40)59-44-30-31-49(53(54)55)51(33-44)57-35-38-14-6-3-7-15-38/h2-33H,34-35H2,1H3. The average molecular weight is 774 g/mol. The Balaban J connectivity index is 1.02. The number of aryl methyl sites for hydroxylation is 1. The lowest BCUT2D eigenvalue weighted by Gasteiger charge is -2.34. The van der Waals surface area contributed by atoms with E-state index in [1.807, 2.05) is 110 Å². The van der Waals surface area contributed by atoms with Gasteiger partial charge in [0.1, 0.15) is 42.0 Å². The molecule has 0 atom stereocenters. The number of fused-ring (bicyclic) bond motifs is 3. The number of hydrogen-bond acceptors (Lipinski definition) is 6. The van der Waals surface area contributed by atoms with Gasteiger partial charge in [-0.3, -0.25) is 10.1 Å². The topological polar surface area (TPSA) is 80.1 Å². The molecule has 0 aliphatic heterocycles. The van der Waals surface area contributed by atoms with Crippen molar-refractivity contribution in [1.29, 1.82) is 0 Å². The van der Waals surface area contributed by atoms with Crippen molar-refractivity contribution in [3.8, 4) is 45.6 Å². The molecule has 8 aromatic rings. The first-order chi connectivity index (χ1) is 29.0. The second kappa shape index (κ2) is 16.1. The van der Waals surface area contributed by atoms with Gasteiger partial charge in [0.05, 0.1) is 10.3 Å². The highest BCUT2D eigenvalue weighted by atomic mass is 16.6. The van der Waals surface area contributed by atoms with Crippen LogP contribution in [0.3, 0.4) is 0 Å². The number of ether oxygens (including phenoxy) is 4. The first-order valence-corrected chi connectivity index (χ1v) is 19.4. The molecular formula is C52H39NO6. The fourth-order valence-electron chi connectivity index (χ4n) is 7.94. The molecule has 8 aromatic carbocycles. The van der Waals surface area contributed by atoms with E-state index in [0.29, 0.717) is 29.6 Å². The monoisotopic (exact) mass is 773 g/mol. The molecule has 0 fully saturated rings. The minimum Gasteiger partial charge on any atom is -0.488 e. The summed E-state index contributed by atoms with van der Waals surface area (Å²) in [7, 11) is 0. The molecule has 1 aliphatic rings. The maximum Gasteiger partial charge on any atom is 0.311 e. The molecule has 0 heterocycles. The third-order valence-corrected chi connectivity index (χ3v) is 10.8. The van der Waals surface area contributed by atoms with Crippen LogP contribution in [0.4, 0.5) is 5.69 Å². The predicted octanol–water partition coefficient (Wildman–Crippen LogP) is 13.0. The van der Waals surface area contributed by atoms with Crippen LogP contribution in [0.2, 0.25) is 0 Å². The molecule has 9 rings (SSSR count). The van der Waals surface area contributed by atoms with Crippen molar-refractivity contribution in [1.82, 2.24) is 0 Å². The van der Waals surface area contributed by atoms with E-state index in [4.69, 9.17) is 18.9 Å². The fourth-order valence-corrected chi connectivity index (χ4v) is 7.94. The van der Waals surface area contributed by atoms with Crippen molar-refractivity contribution in [2.75, 3.05) is 0 Å². The molecule has 288 valence electrons. The van der Waals surface area contributed by atoms with E-state index in [9.17, 15) is 10.1 Å². The molecule has 0 saturated carbocycles. The summed E-state index contributed by atoms with van der Waals surface area (Å²) in [6.07, 6.45) is 0. The number of benzene rings is 8. The summed E-state index contributed by atoms with van der Waals surface area (Å²) in [5.41, 5.74) is 9.13. The van der Waals surface area contributed by atoms with Gasteiger partial charge in [-0.2, -0.15) is 0 Å². The Morgan fingerprint density at radius 1 is 0.475 bits per heavy atom. The van der Waals surface area contributed by atoms with Crippen molar-refractivity contribution in [3.63, 3.8) is 0 Å². The zero-order chi connectivity index (χ0) is 40.2. The first kappa shape index (κ1) is 37.0. The third kappa shape index (κ3) is 7.38. The molecule has 7 nitrogen and oxygen atoms in total. The van der Waals surface area contributed by atoms with Gasteiger partial charge in [-0.1, -0.05) is 140 Å². The van der Waals surface area contributed by atoms with Crippen molar-refractivity contribution in [2.45, 2.75) is 25.6 Å². The summed E-state index contributed by atoms with van der Waals surface area (Å²) < 4.78 is 24.8. The molecule has 7 heteroatoms. The smallest absolute Gasteiger partial charge is 0.311 e. The number of rotatable bonds is 13. The van der Waals surface area contributed by atoms with Gasteiger partial charge in [0.2, 0.25) is 5.75 Å². The van der Waals surface area contributed by atoms with Crippen LogP contribution >= 0.6 is 0 Å². The van der Waals surface area contributed by atoms with Gasteiger partial charge in [0, 0.05) is 18.2 Å². The minimum atomic E-state index is -0.641. The summed E-state index contributed by atoms with van der Waals surface area (Å²) in [4.78, 5) is 11.4. The van der Waals surface area contributed by atoms with E-state index in [0.717, 1.165) is 33.6 Å². The SMILES string of the molecule is Cc1ccc(Oc2ccc(C3(c4ccc(Oc5ccc([N+](=O)[O-])c(OCc6ccccc6)c5)cc4)c4ccccc4-c4ccccc43)cc2)cc1OCc1ccccc1. The summed E-state index contributed by atoms with van der Waals surface area (Å²) in [5.74, 6) is 3.32. The largest absolute Gasteiger partial charge is 0.488 e. The van der Waals surface area contributed by atoms with Crippen LogP contribution in [0, 0.1) is 17.0 Å². The van der Waals surface area contributed by atoms with Gasteiger partial charge in [0.25, 0.3) is 0 Å². The highest BCUT2D eigenvalue weighted by molar-refractivity contribution is 5.86. The highest BCUT2D eigenvalue weighted by Crippen LogP contribution is 2.56. The zero-order valence-electron chi connectivity index (χ0n) is 32.3. The summed E-state index contributed by atoms with van der Waals surface area (Å²) >= 11 is 0. The van der Waals surface area contributed by atoms with Gasteiger partial charge in [-0.05, 0) is 93.4 Å². The van der Waals surface area contributed by atoms with Crippen LogP contribution in [0.25, 0.3) is 11.1 Å². The van der Waals surface area contributed by atoms with Crippen molar-refractivity contribution < 1.29 is 23.9 Å². The lowest BCUT2D eigenvalue weighted by molar-refractivity contribution is -0.386. The van der Waals surface area contributed by atoms with E-state index in [1.54, 1.807) is 12.1 Å². The molecule has 0 unspecified atom stereocenters. The van der Waals surface area contributed by atoms with E-state index >= 15 is 0 Å². The predicted molar refractivity (Wildman–Crippen MR) is 230 cm³/mol. The molecule has 0 radical (unpaired) electrons. The number of nitro benzene ring substituents is 1. The van der Waals surface area contributed by atoms with E-state index < -0.39 is 10.3 Å². The first-order valence-electron chi connectivity index (χ1n) is 19.4. The Morgan fingerprint density at radius 3 is 1.41 bits per heavy atom. The quantitative estimate of drug-likeness (QED) is 0.0857. The Morgan fingerprint density at radius 2 is 0.898 bits per heavy atom. The fraction of sp³-hybridized carbons (Fsp3) is 0.0769. The van der Waals surface area contributed by atoms with Crippen LogP contribution in [-0.2, 0) is 18.6 Å². The lowest BCUT2D eigenvalue weighted by atomic mass is 9.68. The molecule has 0 bridgehead atoms. The molecule has 0 amide bonds. The van der Waals surface area contributed by atoms with E-state index in [1.165, 1.54) is 28.3 Å². The van der Waals surface area contributed by atoms with Crippen LogP contribution in [0.15, 0.2) is 194 Å². The van der Waals surface area contributed by atoms with Crippen LogP contribution in [0.5, 0.6) is 34.5 Å². The Kier molecular flexibility index (Phi) is 10.1. The Hall–Kier alpha value is -7.64. The summed E-state index contributed by atoms with van der Waals surface area (Å²) in [5, 5.41) is 11.8. The van der Waals surface area contributed by atoms with Crippen LogP contribution in [0.1, 0.15) is 38.9 Å². The third-order valence-electron chi connectivity index (χ3n) is 10.8. The Bertz CT molecular complexity index is 2700. The Labute approximate surface area is 342 Å². The van der Waals surface area contributed by atoms with Gasteiger partial charge in [-0.15, -0.1) is 0 Å². The molecule has 0 saturated heterocycles. The van der Waals surface area contributed by atoms with E-state index in [-0.39, 0.29) is 18.0 Å². The lowest BCUT2D eigenvalue weighted by Crippen LogP contribution is -2.28. The number of nitrogens with zero attached hydrogens (tertiary/aromatic N) is 1. The zero-order valence-corrected chi connectivity index (χ0v) is 32.3. The normalized spacial score (nSPS) is 12.2. The van der Waals surface area contributed by atoms with Gasteiger partial charge in [0.15, 0.2) is 0 Å².